The van der Waals surface area contributed by atoms with Crippen LogP contribution in [0.4, 0.5) is 4.79 Å². The van der Waals surface area contributed by atoms with Gasteiger partial charge in [-0.2, -0.15) is 5.10 Å². The van der Waals surface area contributed by atoms with Gasteiger partial charge in [0.05, 0.1) is 18.2 Å². The van der Waals surface area contributed by atoms with E-state index in [1.54, 1.807) is 36.4 Å². The van der Waals surface area contributed by atoms with E-state index in [0.29, 0.717) is 23.1 Å². The van der Waals surface area contributed by atoms with Crippen LogP contribution in [0, 0.1) is 0 Å². The van der Waals surface area contributed by atoms with Gasteiger partial charge in [0.2, 0.25) is 0 Å². The van der Waals surface area contributed by atoms with Gasteiger partial charge in [-0.25, -0.2) is 14.3 Å². The topological polar surface area (TPSA) is 133 Å². The van der Waals surface area contributed by atoms with Crippen molar-refractivity contribution in [3.8, 4) is 0 Å². The summed E-state index contributed by atoms with van der Waals surface area (Å²) in [5.41, 5.74) is -0.347. The van der Waals surface area contributed by atoms with Crippen molar-refractivity contribution in [2.24, 2.45) is 0 Å². The van der Waals surface area contributed by atoms with Gasteiger partial charge in [-0.1, -0.05) is 44.4 Å². The lowest BCUT2D eigenvalue weighted by molar-refractivity contribution is -0.123. The summed E-state index contributed by atoms with van der Waals surface area (Å²) >= 11 is 0. The number of nitrogens with zero attached hydrogens (tertiary/aromatic N) is 2. The first-order valence-corrected chi connectivity index (χ1v) is 10.8. The van der Waals surface area contributed by atoms with Crippen LogP contribution in [0.3, 0.4) is 0 Å². The Morgan fingerprint density at radius 2 is 1.85 bits per heavy atom. The maximum Gasteiger partial charge on any atom is 0.359 e. The average molecular weight is 454 g/mol. The molecule has 3 rings (SSSR count). The van der Waals surface area contributed by atoms with E-state index < -0.39 is 24.5 Å². The van der Waals surface area contributed by atoms with Gasteiger partial charge in [-0.15, -0.1) is 0 Å². The molecule has 2 aromatic heterocycles. The second kappa shape index (κ2) is 11.6. The number of benzene rings is 1. The minimum atomic E-state index is -0.861. The Labute approximate surface area is 189 Å². The first-order valence-electron chi connectivity index (χ1n) is 10.8. The molecule has 3 aromatic rings. The van der Waals surface area contributed by atoms with Crippen molar-refractivity contribution < 1.29 is 23.5 Å². The van der Waals surface area contributed by atoms with Crippen molar-refractivity contribution in [3.63, 3.8) is 0 Å². The number of rotatable bonds is 10. The fourth-order valence-electron chi connectivity index (χ4n) is 3.21. The summed E-state index contributed by atoms with van der Waals surface area (Å²) in [6, 6.07) is 9.20. The number of ether oxygens (including phenoxy) is 1. The molecule has 2 heterocycles. The number of aryl methyl sites for hydroxylation is 1. The fraction of sp³-hybridized carbons (Fsp3) is 0.348. The van der Waals surface area contributed by atoms with Gasteiger partial charge >= 0.3 is 12.0 Å². The van der Waals surface area contributed by atoms with Gasteiger partial charge in [0.1, 0.15) is 5.76 Å². The molecule has 0 saturated carbocycles. The lowest BCUT2D eigenvalue weighted by atomic mass is 10.1. The van der Waals surface area contributed by atoms with Crippen LogP contribution in [0.15, 0.2) is 51.9 Å². The van der Waals surface area contributed by atoms with Crippen molar-refractivity contribution >= 4 is 28.7 Å². The predicted molar refractivity (Wildman–Crippen MR) is 120 cm³/mol. The number of hydrogen-bond acceptors (Lipinski definition) is 7. The van der Waals surface area contributed by atoms with Gasteiger partial charge in [0.25, 0.3) is 11.5 Å². The first kappa shape index (κ1) is 23.7. The molecule has 0 bridgehead atoms. The Morgan fingerprint density at radius 1 is 1.06 bits per heavy atom. The predicted octanol–water partition coefficient (Wildman–Crippen LogP) is 2.75. The Balaban J connectivity index is 1.63. The Morgan fingerprint density at radius 3 is 2.58 bits per heavy atom. The molecule has 0 unspecified atom stereocenters. The maximum absolute atomic E-state index is 12.7. The van der Waals surface area contributed by atoms with Crippen LogP contribution in [0.25, 0.3) is 10.8 Å². The van der Waals surface area contributed by atoms with Gasteiger partial charge in [0.15, 0.2) is 12.3 Å². The normalized spacial score (nSPS) is 10.7. The third-order valence-corrected chi connectivity index (χ3v) is 4.88. The van der Waals surface area contributed by atoms with E-state index >= 15 is 0 Å². The third kappa shape index (κ3) is 6.52. The number of esters is 1. The number of urea groups is 1. The van der Waals surface area contributed by atoms with Crippen molar-refractivity contribution in [1.82, 2.24) is 20.4 Å². The van der Waals surface area contributed by atoms with E-state index in [4.69, 9.17) is 9.15 Å². The molecule has 0 aliphatic heterocycles. The van der Waals surface area contributed by atoms with Gasteiger partial charge in [-0.3, -0.25) is 14.9 Å². The number of nitrogens with one attached hydrogen (secondary N) is 2. The summed E-state index contributed by atoms with van der Waals surface area (Å²) in [5, 5.41) is 9.40. The molecular formula is C23H26N4O6. The lowest BCUT2D eigenvalue weighted by Crippen LogP contribution is -2.41. The van der Waals surface area contributed by atoms with Crippen LogP contribution in [0.5, 0.6) is 0 Å². The second-order valence-electron chi connectivity index (χ2n) is 7.37. The number of fused-ring (bicyclic) bond motifs is 1. The maximum atomic E-state index is 12.7. The van der Waals surface area contributed by atoms with E-state index in [9.17, 15) is 19.2 Å². The highest BCUT2D eigenvalue weighted by Crippen LogP contribution is 2.14. The van der Waals surface area contributed by atoms with Crippen LogP contribution in [0.2, 0.25) is 0 Å². The highest BCUT2D eigenvalue weighted by Gasteiger charge is 2.19. The van der Waals surface area contributed by atoms with Crippen LogP contribution in [-0.4, -0.2) is 34.3 Å². The van der Waals surface area contributed by atoms with Gasteiger partial charge in [0, 0.05) is 11.9 Å². The number of carbonyl (C=O) groups is 3. The quantitative estimate of drug-likeness (QED) is 0.355. The largest absolute Gasteiger partial charge is 0.467 e. The van der Waals surface area contributed by atoms with Gasteiger partial charge < -0.3 is 14.5 Å². The highest BCUT2D eigenvalue weighted by molar-refractivity contribution is 6.03. The van der Waals surface area contributed by atoms with Crippen LogP contribution in [-0.2, 0) is 22.6 Å². The number of amides is 3. The summed E-state index contributed by atoms with van der Waals surface area (Å²) in [6.07, 6.45) is 5.26. The van der Waals surface area contributed by atoms with Crippen molar-refractivity contribution in [2.75, 3.05) is 6.61 Å². The standard InChI is InChI=1S/C23H26N4O6/c1-2-3-4-7-12-27-21(29)18-11-6-5-10-17(18)20(26-27)22(30)33-15-19(28)25-23(31)24-14-16-9-8-13-32-16/h5-6,8-11,13H,2-4,7,12,14-15H2,1H3,(H2,24,25,28,31). The molecule has 0 aliphatic carbocycles. The molecule has 0 saturated heterocycles. The number of hydrogen-bond donors (Lipinski definition) is 2. The SMILES string of the molecule is CCCCCCn1nc(C(=O)OCC(=O)NC(=O)NCc2ccco2)c2ccccc2c1=O. The first-order chi connectivity index (χ1) is 16.0. The van der Waals surface area contributed by atoms with E-state index in [-0.39, 0.29) is 17.8 Å². The molecule has 0 spiro atoms. The molecule has 0 radical (unpaired) electrons. The third-order valence-electron chi connectivity index (χ3n) is 4.88. The Bertz CT molecular complexity index is 1170. The molecule has 10 heteroatoms. The lowest BCUT2D eigenvalue weighted by Gasteiger charge is -2.11. The number of aromatic nitrogens is 2. The number of unbranched alkanes of at least 4 members (excludes halogenated alkanes) is 3. The van der Waals surface area contributed by atoms with E-state index in [1.165, 1.54) is 10.9 Å². The molecule has 10 nitrogen and oxygen atoms in total. The van der Waals surface area contributed by atoms with Gasteiger partial charge in [-0.05, 0) is 24.6 Å². The van der Waals surface area contributed by atoms with Crippen molar-refractivity contribution in [3.05, 3.63) is 64.5 Å². The Hall–Kier alpha value is -3.95. The van der Waals surface area contributed by atoms with Crippen LogP contribution < -0.4 is 16.2 Å². The smallest absolute Gasteiger partial charge is 0.359 e. The molecule has 0 aliphatic rings. The second-order valence-corrected chi connectivity index (χ2v) is 7.37. The fourth-order valence-corrected chi connectivity index (χ4v) is 3.21. The van der Waals surface area contributed by atoms with E-state index in [0.717, 1.165) is 25.7 Å². The monoisotopic (exact) mass is 454 g/mol. The molecule has 0 atom stereocenters. The van der Waals surface area contributed by atoms with E-state index in [1.807, 2.05) is 0 Å². The average Bonchev–Trinajstić information content (AvgIpc) is 3.34. The van der Waals surface area contributed by atoms with Crippen LogP contribution in [0.1, 0.15) is 48.9 Å². The molecule has 174 valence electrons. The number of furan rings is 1. The van der Waals surface area contributed by atoms with Crippen LogP contribution >= 0.6 is 0 Å². The number of carbonyl (C=O) groups excluding carboxylic acids is 3. The molecule has 33 heavy (non-hydrogen) atoms. The van der Waals surface area contributed by atoms with E-state index in [2.05, 4.69) is 22.7 Å². The summed E-state index contributed by atoms with van der Waals surface area (Å²) < 4.78 is 11.4. The molecule has 0 fully saturated rings. The zero-order valence-corrected chi connectivity index (χ0v) is 18.3. The minimum absolute atomic E-state index is 0.0595. The summed E-state index contributed by atoms with van der Waals surface area (Å²) in [6.45, 7) is 1.88. The zero-order valence-electron chi connectivity index (χ0n) is 18.3. The highest BCUT2D eigenvalue weighted by atomic mass is 16.5. The van der Waals surface area contributed by atoms with Crippen molar-refractivity contribution in [2.45, 2.75) is 45.7 Å². The minimum Gasteiger partial charge on any atom is -0.467 e. The molecule has 3 amide bonds. The summed E-state index contributed by atoms with van der Waals surface area (Å²) in [4.78, 5) is 49.2. The number of imide groups is 1. The molecule has 1 aromatic carbocycles. The van der Waals surface area contributed by atoms with Crippen molar-refractivity contribution in [1.29, 1.82) is 0 Å². The summed E-state index contributed by atoms with van der Waals surface area (Å²) in [5.74, 6) is -1.15. The summed E-state index contributed by atoms with van der Waals surface area (Å²) in [7, 11) is 0. The zero-order chi connectivity index (χ0) is 23.6. The Kier molecular flexibility index (Phi) is 8.34. The molecule has 2 N–H and O–H groups in total. The molecular weight excluding hydrogens is 428 g/mol.